The molecule has 4 rings (SSSR count). The van der Waals surface area contributed by atoms with Gasteiger partial charge in [0.1, 0.15) is 17.4 Å². The Hall–Kier alpha value is -2.70. The summed E-state index contributed by atoms with van der Waals surface area (Å²) in [5.74, 6) is -0.149. The molecule has 0 radical (unpaired) electrons. The molecule has 0 spiro atoms. The maximum absolute atomic E-state index is 13.2. The number of aromatic nitrogens is 2. The van der Waals surface area contributed by atoms with Crippen molar-refractivity contribution in [3.63, 3.8) is 0 Å². The lowest BCUT2D eigenvalue weighted by Crippen LogP contribution is -2.49. The Balaban J connectivity index is 1.72. The number of carbonyl (C=O) groups excluding carboxylic acids is 1. The van der Waals surface area contributed by atoms with Crippen LogP contribution in [0.5, 0.6) is 0 Å². The number of aliphatic hydroxyl groups is 1. The van der Waals surface area contributed by atoms with Crippen LogP contribution in [0.2, 0.25) is 0 Å². The highest BCUT2D eigenvalue weighted by Gasteiger charge is 2.36. The molecule has 0 saturated carbocycles. The number of benzene rings is 1. The van der Waals surface area contributed by atoms with Crippen LogP contribution in [0.15, 0.2) is 54.7 Å². The van der Waals surface area contributed by atoms with Crippen molar-refractivity contribution >= 4 is 16.9 Å². The number of nitrogens with zero attached hydrogens (tertiary/aromatic N) is 3. The summed E-state index contributed by atoms with van der Waals surface area (Å²) in [4.78, 5) is 19.6. The highest BCUT2D eigenvalue weighted by molar-refractivity contribution is 5.95. The van der Waals surface area contributed by atoms with E-state index < -0.39 is 6.10 Å². The highest BCUT2D eigenvalue weighted by atomic mass is 16.5. The van der Waals surface area contributed by atoms with Crippen molar-refractivity contribution in [3.05, 3.63) is 66.0 Å². The first kappa shape index (κ1) is 16.8. The van der Waals surface area contributed by atoms with E-state index in [9.17, 15) is 9.90 Å². The second-order valence-electron chi connectivity index (χ2n) is 6.48. The van der Waals surface area contributed by atoms with Crippen molar-refractivity contribution < 1.29 is 14.6 Å². The van der Waals surface area contributed by atoms with Gasteiger partial charge in [0.25, 0.3) is 5.91 Å². The Morgan fingerprint density at radius 1 is 1.23 bits per heavy atom. The normalized spacial score (nSPS) is 20.5. The number of hydrogen-bond donors (Lipinski definition) is 1. The van der Waals surface area contributed by atoms with Gasteiger partial charge in [-0.05, 0) is 23.8 Å². The van der Waals surface area contributed by atoms with Crippen molar-refractivity contribution in [1.82, 2.24) is 14.5 Å². The molecular weight excluding hydrogens is 330 g/mol. The molecular formula is C20H21N3O3. The molecule has 1 aliphatic heterocycles. The van der Waals surface area contributed by atoms with Crippen molar-refractivity contribution in [3.8, 4) is 0 Å². The molecule has 26 heavy (non-hydrogen) atoms. The molecule has 0 unspecified atom stereocenters. The molecule has 0 bridgehead atoms. The Morgan fingerprint density at radius 3 is 2.81 bits per heavy atom. The van der Waals surface area contributed by atoms with Gasteiger partial charge in [0.15, 0.2) is 0 Å². The quantitative estimate of drug-likeness (QED) is 0.785. The minimum absolute atomic E-state index is 0.145. The third-order valence-electron chi connectivity index (χ3n) is 4.87. The molecule has 6 nitrogen and oxygen atoms in total. The fraction of sp³-hybridized carbons (Fsp3) is 0.300. The van der Waals surface area contributed by atoms with Gasteiger partial charge >= 0.3 is 0 Å². The Labute approximate surface area is 151 Å². The molecule has 2 atom stereocenters. The molecule has 1 fully saturated rings. The molecule has 1 saturated heterocycles. The zero-order valence-electron chi connectivity index (χ0n) is 14.6. The molecule has 3 aromatic rings. The molecule has 3 heterocycles. The third-order valence-corrected chi connectivity index (χ3v) is 4.87. The predicted molar refractivity (Wildman–Crippen MR) is 97.8 cm³/mol. The SMILES string of the molecule is Cn1ccc2ccc(C(=O)N3CCO[C@@H](CO)[C@@H]3c3ccccc3)nc21. The minimum Gasteiger partial charge on any atom is -0.394 e. The Bertz CT molecular complexity index is 922. The van der Waals surface area contributed by atoms with E-state index in [-0.39, 0.29) is 18.6 Å². The van der Waals surface area contributed by atoms with Crippen LogP contribution in [0.1, 0.15) is 22.1 Å². The summed E-state index contributed by atoms with van der Waals surface area (Å²) in [5, 5.41) is 10.8. The van der Waals surface area contributed by atoms with E-state index in [1.807, 2.05) is 60.3 Å². The van der Waals surface area contributed by atoms with Gasteiger partial charge in [0, 0.05) is 25.2 Å². The molecule has 1 amide bonds. The summed E-state index contributed by atoms with van der Waals surface area (Å²) >= 11 is 0. The van der Waals surface area contributed by atoms with E-state index in [4.69, 9.17) is 4.74 Å². The standard InChI is InChI=1S/C20H21N3O3/c1-22-10-9-15-7-8-16(21-19(15)22)20(25)23-11-12-26-17(13-24)18(23)14-5-3-2-4-6-14/h2-10,17-18,24H,11-13H2,1H3/t17-,18-/m0/s1. The number of aliphatic hydroxyl groups excluding tert-OH is 1. The summed E-state index contributed by atoms with van der Waals surface area (Å²) in [7, 11) is 1.91. The van der Waals surface area contributed by atoms with E-state index in [2.05, 4.69) is 4.98 Å². The van der Waals surface area contributed by atoms with E-state index in [1.54, 1.807) is 11.0 Å². The van der Waals surface area contributed by atoms with Crippen molar-refractivity contribution in [2.24, 2.45) is 7.05 Å². The highest BCUT2D eigenvalue weighted by Crippen LogP contribution is 2.30. The average molecular weight is 351 g/mol. The van der Waals surface area contributed by atoms with E-state index in [0.29, 0.717) is 18.8 Å². The lowest BCUT2D eigenvalue weighted by Gasteiger charge is -2.40. The van der Waals surface area contributed by atoms with Gasteiger partial charge in [0.05, 0.1) is 19.3 Å². The minimum atomic E-state index is -0.450. The van der Waals surface area contributed by atoms with Crippen LogP contribution in [0.4, 0.5) is 0 Å². The van der Waals surface area contributed by atoms with E-state index >= 15 is 0 Å². The molecule has 134 valence electrons. The smallest absolute Gasteiger partial charge is 0.273 e. The number of pyridine rings is 1. The second-order valence-corrected chi connectivity index (χ2v) is 6.48. The van der Waals surface area contributed by atoms with Gasteiger partial charge in [0.2, 0.25) is 0 Å². The summed E-state index contributed by atoms with van der Waals surface area (Å²) in [5.41, 5.74) is 2.12. The van der Waals surface area contributed by atoms with Crippen LogP contribution in [0.25, 0.3) is 11.0 Å². The fourth-order valence-electron chi connectivity index (χ4n) is 3.56. The van der Waals surface area contributed by atoms with E-state index in [0.717, 1.165) is 16.6 Å². The topological polar surface area (TPSA) is 67.6 Å². The number of hydrogen-bond acceptors (Lipinski definition) is 4. The van der Waals surface area contributed by atoms with E-state index in [1.165, 1.54) is 0 Å². The molecule has 6 heteroatoms. The number of amides is 1. The van der Waals surface area contributed by atoms with Gasteiger partial charge in [-0.15, -0.1) is 0 Å². The first-order valence-electron chi connectivity index (χ1n) is 8.69. The Kier molecular flexibility index (Phi) is 4.44. The van der Waals surface area contributed by atoms with Gasteiger partial charge in [-0.3, -0.25) is 4.79 Å². The summed E-state index contributed by atoms with van der Waals surface area (Å²) in [6, 6.07) is 15.0. The number of ether oxygens (including phenoxy) is 1. The van der Waals surface area contributed by atoms with Crippen LogP contribution in [-0.4, -0.2) is 51.3 Å². The molecule has 1 aliphatic rings. The molecule has 2 aromatic heterocycles. The Morgan fingerprint density at radius 2 is 2.04 bits per heavy atom. The van der Waals surface area contributed by atoms with Gasteiger partial charge in [-0.1, -0.05) is 30.3 Å². The fourth-order valence-corrected chi connectivity index (χ4v) is 3.56. The van der Waals surface area contributed by atoms with Crippen LogP contribution in [0, 0.1) is 0 Å². The van der Waals surface area contributed by atoms with Crippen LogP contribution >= 0.6 is 0 Å². The number of carbonyl (C=O) groups is 1. The lowest BCUT2D eigenvalue weighted by atomic mass is 9.98. The second kappa shape index (κ2) is 6.90. The average Bonchev–Trinajstić information content (AvgIpc) is 3.07. The van der Waals surface area contributed by atoms with Crippen LogP contribution in [0.3, 0.4) is 0 Å². The van der Waals surface area contributed by atoms with Crippen LogP contribution in [-0.2, 0) is 11.8 Å². The largest absolute Gasteiger partial charge is 0.394 e. The van der Waals surface area contributed by atoms with Crippen LogP contribution < -0.4 is 0 Å². The monoisotopic (exact) mass is 351 g/mol. The van der Waals surface area contributed by atoms with Crippen molar-refractivity contribution in [2.45, 2.75) is 12.1 Å². The maximum atomic E-state index is 13.2. The number of morpholine rings is 1. The molecule has 1 aromatic carbocycles. The number of fused-ring (bicyclic) bond motifs is 1. The van der Waals surface area contributed by atoms with Gasteiger partial charge < -0.3 is 19.3 Å². The third kappa shape index (κ3) is 2.87. The van der Waals surface area contributed by atoms with Crippen molar-refractivity contribution in [2.75, 3.05) is 19.8 Å². The summed E-state index contributed by atoms with van der Waals surface area (Å²) in [6.45, 7) is 0.710. The van der Waals surface area contributed by atoms with Gasteiger partial charge in [-0.2, -0.15) is 0 Å². The molecule has 1 N–H and O–H groups in total. The first-order valence-corrected chi connectivity index (χ1v) is 8.69. The van der Waals surface area contributed by atoms with Crippen molar-refractivity contribution in [1.29, 1.82) is 0 Å². The number of rotatable bonds is 3. The zero-order chi connectivity index (χ0) is 18.1. The zero-order valence-corrected chi connectivity index (χ0v) is 14.6. The first-order chi connectivity index (χ1) is 12.7. The molecule has 0 aliphatic carbocycles. The maximum Gasteiger partial charge on any atom is 0.273 e. The van der Waals surface area contributed by atoms with Gasteiger partial charge in [-0.25, -0.2) is 4.98 Å². The summed E-state index contributed by atoms with van der Waals surface area (Å²) in [6.07, 6.45) is 1.48. The summed E-state index contributed by atoms with van der Waals surface area (Å²) < 4.78 is 7.62. The number of aryl methyl sites for hydroxylation is 1. The lowest BCUT2D eigenvalue weighted by molar-refractivity contribution is -0.0812. The predicted octanol–water partition coefficient (Wildman–Crippen LogP) is 2.15.